The van der Waals surface area contributed by atoms with E-state index in [0.29, 0.717) is 17.7 Å². The Labute approximate surface area is 114 Å². The van der Waals surface area contributed by atoms with Gasteiger partial charge >= 0.3 is 6.18 Å². The topological polar surface area (TPSA) is 12.0 Å². The van der Waals surface area contributed by atoms with Crippen molar-refractivity contribution >= 4 is 0 Å². The van der Waals surface area contributed by atoms with Crippen molar-refractivity contribution in [2.75, 3.05) is 7.05 Å². The lowest BCUT2D eigenvalue weighted by molar-refractivity contribution is -0.139. The highest BCUT2D eigenvalue weighted by Gasteiger charge is 2.33. The Hall–Kier alpha value is -1.88. The van der Waals surface area contributed by atoms with Crippen LogP contribution in [0.3, 0.4) is 0 Å². The maximum Gasteiger partial charge on any atom is 0.419 e. The van der Waals surface area contributed by atoms with E-state index in [4.69, 9.17) is 0 Å². The van der Waals surface area contributed by atoms with E-state index in [0.717, 1.165) is 17.7 Å². The molecule has 0 unspecified atom stereocenters. The molecule has 0 aromatic heterocycles. The number of benzene rings is 2. The zero-order chi connectivity index (χ0) is 14.8. The highest BCUT2D eigenvalue weighted by Crippen LogP contribution is 2.33. The lowest BCUT2D eigenvalue weighted by Gasteiger charge is -2.10. The van der Waals surface area contributed by atoms with E-state index in [1.54, 1.807) is 19.2 Å². The molecular formula is C15H13F4N. The minimum Gasteiger partial charge on any atom is -0.316 e. The highest BCUT2D eigenvalue weighted by molar-refractivity contribution is 5.64. The molecule has 0 fully saturated rings. The second kappa shape index (κ2) is 5.63. The van der Waals surface area contributed by atoms with Gasteiger partial charge in [-0.3, -0.25) is 0 Å². The molecule has 0 saturated heterocycles. The summed E-state index contributed by atoms with van der Waals surface area (Å²) in [5.74, 6) is -1.26. The molecule has 106 valence electrons. The zero-order valence-corrected chi connectivity index (χ0v) is 10.8. The van der Waals surface area contributed by atoms with Crippen LogP contribution in [0.1, 0.15) is 11.1 Å². The molecule has 0 bridgehead atoms. The summed E-state index contributed by atoms with van der Waals surface area (Å²) in [6, 6.07) is 10.2. The highest BCUT2D eigenvalue weighted by atomic mass is 19.4. The molecule has 20 heavy (non-hydrogen) atoms. The molecular weight excluding hydrogens is 270 g/mol. The first kappa shape index (κ1) is 14.5. The number of nitrogens with one attached hydrogen (secondary N) is 1. The van der Waals surface area contributed by atoms with Crippen molar-refractivity contribution in [3.8, 4) is 11.1 Å². The molecule has 0 aliphatic rings. The summed E-state index contributed by atoms with van der Waals surface area (Å²) >= 11 is 0. The number of hydrogen-bond donors (Lipinski definition) is 1. The Balaban J connectivity index is 2.39. The van der Waals surface area contributed by atoms with Gasteiger partial charge in [-0.1, -0.05) is 24.3 Å². The summed E-state index contributed by atoms with van der Waals surface area (Å²) in [6.45, 7) is 0.636. The van der Waals surface area contributed by atoms with Gasteiger partial charge in [-0.25, -0.2) is 4.39 Å². The van der Waals surface area contributed by atoms with Crippen LogP contribution in [0.2, 0.25) is 0 Å². The fraction of sp³-hybridized carbons (Fsp3) is 0.200. The van der Waals surface area contributed by atoms with Crippen LogP contribution in [0.5, 0.6) is 0 Å². The maximum absolute atomic E-state index is 13.5. The average molecular weight is 283 g/mol. The van der Waals surface area contributed by atoms with Crippen molar-refractivity contribution < 1.29 is 17.6 Å². The summed E-state index contributed by atoms with van der Waals surface area (Å²) in [5.41, 5.74) is 0.844. The van der Waals surface area contributed by atoms with Gasteiger partial charge in [-0.2, -0.15) is 13.2 Å². The predicted molar refractivity (Wildman–Crippen MR) is 69.6 cm³/mol. The summed E-state index contributed by atoms with van der Waals surface area (Å²) in [4.78, 5) is 0. The maximum atomic E-state index is 13.5. The van der Waals surface area contributed by atoms with Crippen molar-refractivity contribution in [3.63, 3.8) is 0 Å². The molecule has 1 nitrogen and oxygen atoms in total. The zero-order valence-electron chi connectivity index (χ0n) is 10.8. The minimum absolute atomic E-state index is 0.424. The van der Waals surface area contributed by atoms with Crippen LogP contribution in [0, 0.1) is 5.82 Å². The lowest BCUT2D eigenvalue weighted by atomic mass is 10.0. The van der Waals surface area contributed by atoms with Gasteiger partial charge in [0, 0.05) is 6.54 Å². The van der Waals surface area contributed by atoms with Gasteiger partial charge in [-0.15, -0.1) is 0 Å². The van der Waals surface area contributed by atoms with Crippen LogP contribution in [0.15, 0.2) is 42.5 Å². The third kappa shape index (κ3) is 3.17. The molecule has 5 heteroatoms. The summed E-state index contributed by atoms with van der Waals surface area (Å²) in [6.07, 6.45) is -4.67. The van der Waals surface area contributed by atoms with Crippen molar-refractivity contribution in [3.05, 3.63) is 59.4 Å². The summed E-state index contributed by atoms with van der Waals surface area (Å²) in [5, 5.41) is 2.98. The molecule has 0 spiro atoms. The fourth-order valence-electron chi connectivity index (χ4n) is 1.99. The Morgan fingerprint density at radius 1 is 1.00 bits per heavy atom. The van der Waals surface area contributed by atoms with Gasteiger partial charge < -0.3 is 5.32 Å². The normalized spacial score (nSPS) is 11.7. The quantitative estimate of drug-likeness (QED) is 0.831. The van der Waals surface area contributed by atoms with E-state index in [1.165, 1.54) is 6.07 Å². The van der Waals surface area contributed by atoms with Gasteiger partial charge in [0.25, 0.3) is 0 Å². The molecule has 0 aliphatic carbocycles. The molecule has 0 saturated carbocycles. The predicted octanol–water partition coefficient (Wildman–Crippen LogP) is 4.23. The first-order chi connectivity index (χ1) is 9.41. The molecule has 0 atom stereocenters. The van der Waals surface area contributed by atoms with E-state index in [1.807, 2.05) is 12.1 Å². The number of rotatable bonds is 3. The first-order valence-electron chi connectivity index (χ1n) is 6.02. The van der Waals surface area contributed by atoms with Crippen LogP contribution in [0.4, 0.5) is 17.6 Å². The smallest absolute Gasteiger partial charge is 0.316 e. The van der Waals surface area contributed by atoms with Crippen LogP contribution >= 0.6 is 0 Å². The molecule has 0 amide bonds. The lowest BCUT2D eigenvalue weighted by Crippen LogP contribution is -2.08. The fourth-order valence-corrected chi connectivity index (χ4v) is 1.99. The first-order valence-corrected chi connectivity index (χ1v) is 6.02. The van der Waals surface area contributed by atoms with Crippen LogP contribution in [-0.2, 0) is 12.7 Å². The second-order valence-corrected chi connectivity index (χ2v) is 4.42. The van der Waals surface area contributed by atoms with E-state index in [-0.39, 0.29) is 0 Å². The number of hydrogen-bond acceptors (Lipinski definition) is 1. The van der Waals surface area contributed by atoms with E-state index in [2.05, 4.69) is 5.32 Å². The monoisotopic (exact) mass is 283 g/mol. The Morgan fingerprint density at radius 3 is 2.30 bits per heavy atom. The Morgan fingerprint density at radius 2 is 1.70 bits per heavy atom. The van der Waals surface area contributed by atoms with Crippen LogP contribution in [-0.4, -0.2) is 7.05 Å². The Bertz CT molecular complexity index is 605. The van der Waals surface area contributed by atoms with Crippen molar-refractivity contribution in [2.24, 2.45) is 0 Å². The van der Waals surface area contributed by atoms with E-state index in [9.17, 15) is 17.6 Å². The summed E-state index contributed by atoms with van der Waals surface area (Å²) in [7, 11) is 1.80. The average Bonchev–Trinajstić information content (AvgIpc) is 2.38. The summed E-state index contributed by atoms with van der Waals surface area (Å²) < 4.78 is 51.0. The van der Waals surface area contributed by atoms with Crippen molar-refractivity contribution in [1.82, 2.24) is 5.32 Å². The molecule has 2 rings (SSSR count). The van der Waals surface area contributed by atoms with E-state index < -0.39 is 17.6 Å². The molecule has 1 N–H and O–H groups in total. The molecule has 2 aromatic carbocycles. The van der Waals surface area contributed by atoms with Gasteiger partial charge in [0.15, 0.2) is 0 Å². The molecule has 0 heterocycles. The molecule has 0 aliphatic heterocycles. The second-order valence-electron chi connectivity index (χ2n) is 4.42. The molecule has 0 radical (unpaired) electrons. The number of halogens is 4. The third-order valence-electron chi connectivity index (χ3n) is 2.92. The SMILES string of the molecule is CNCc1cccc(-c2ccc(C(F)(F)F)c(F)c2)c1. The Kier molecular flexibility index (Phi) is 4.09. The largest absolute Gasteiger partial charge is 0.419 e. The van der Waals surface area contributed by atoms with Crippen LogP contribution < -0.4 is 5.32 Å². The van der Waals surface area contributed by atoms with Gasteiger partial charge in [-0.05, 0) is 41.9 Å². The van der Waals surface area contributed by atoms with Gasteiger partial charge in [0.1, 0.15) is 5.82 Å². The third-order valence-corrected chi connectivity index (χ3v) is 2.92. The van der Waals surface area contributed by atoms with Gasteiger partial charge in [0.2, 0.25) is 0 Å². The minimum atomic E-state index is -4.67. The number of alkyl halides is 3. The van der Waals surface area contributed by atoms with E-state index >= 15 is 0 Å². The van der Waals surface area contributed by atoms with Crippen molar-refractivity contribution in [1.29, 1.82) is 0 Å². The van der Waals surface area contributed by atoms with Crippen molar-refractivity contribution in [2.45, 2.75) is 12.7 Å². The standard InChI is InChI=1S/C15H13F4N/c1-20-9-10-3-2-4-11(7-10)12-5-6-13(14(16)8-12)15(17,18)19/h2-8,20H,9H2,1H3. The molecule has 2 aromatic rings. The van der Waals surface area contributed by atoms with Crippen LogP contribution in [0.25, 0.3) is 11.1 Å². The van der Waals surface area contributed by atoms with Gasteiger partial charge in [0.05, 0.1) is 5.56 Å².